The van der Waals surface area contributed by atoms with Crippen LogP contribution in [0.25, 0.3) is 0 Å². The number of hydrogen-bond acceptors (Lipinski definition) is 4. The minimum Gasteiger partial charge on any atom is -0.387 e. The van der Waals surface area contributed by atoms with E-state index < -0.39 is 0 Å². The van der Waals surface area contributed by atoms with Crippen molar-refractivity contribution in [2.45, 2.75) is 70.8 Å². The van der Waals surface area contributed by atoms with E-state index in [0.717, 1.165) is 30.7 Å². The van der Waals surface area contributed by atoms with Gasteiger partial charge in [0.1, 0.15) is 11.6 Å². The fraction of sp³-hybridized carbons (Fsp3) is 0.783. The van der Waals surface area contributed by atoms with E-state index in [4.69, 9.17) is 0 Å². The third kappa shape index (κ3) is 4.29. The van der Waals surface area contributed by atoms with Gasteiger partial charge in [0.2, 0.25) is 5.91 Å². The summed E-state index contributed by atoms with van der Waals surface area (Å²) >= 11 is 0. The zero-order chi connectivity index (χ0) is 20.4. The molecule has 0 aromatic rings. The highest BCUT2D eigenvalue weighted by molar-refractivity contribution is 5.97. The summed E-state index contributed by atoms with van der Waals surface area (Å²) < 4.78 is 0. The average molecular weight is 399 g/mol. The lowest BCUT2D eigenvalue weighted by atomic mass is 9.48. The van der Waals surface area contributed by atoms with Gasteiger partial charge in [-0.3, -0.25) is 9.59 Å². The Kier molecular flexibility index (Phi) is 5.85. The van der Waals surface area contributed by atoms with Crippen LogP contribution in [0.1, 0.15) is 64.7 Å². The highest BCUT2D eigenvalue weighted by Gasteiger charge is 2.53. The van der Waals surface area contributed by atoms with Crippen LogP contribution in [0.4, 0.5) is 0 Å². The van der Waals surface area contributed by atoms with Gasteiger partial charge in [0, 0.05) is 38.3 Å². The molecule has 5 aliphatic rings. The third-order valence-corrected chi connectivity index (χ3v) is 7.91. The SMILES string of the molecule is CC(N/C=C(/C#N)C(=O)NCCCN1CCCC1=O)C12CC3CC(CC(C3)C1)C2. The molecule has 1 aliphatic heterocycles. The smallest absolute Gasteiger partial charge is 0.263 e. The molecule has 6 heteroatoms. The van der Waals surface area contributed by atoms with Crippen molar-refractivity contribution in [2.75, 3.05) is 19.6 Å². The van der Waals surface area contributed by atoms with Gasteiger partial charge in [0.05, 0.1) is 0 Å². The van der Waals surface area contributed by atoms with Crippen molar-refractivity contribution in [1.82, 2.24) is 15.5 Å². The van der Waals surface area contributed by atoms with Crippen molar-refractivity contribution in [2.24, 2.45) is 23.2 Å². The minimum absolute atomic E-state index is 0.138. The number of carbonyl (C=O) groups excluding carboxylic acids is 2. The van der Waals surface area contributed by atoms with Gasteiger partial charge in [-0.25, -0.2) is 0 Å². The molecule has 0 aromatic carbocycles. The second-order valence-electron chi connectivity index (χ2n) is 9.93. The molecule has 1 atom stereocenters. The first-order valence-electron chi connectivity index (χ1n) is 11.4. The lowest BCUT2D eigenvalue weighted by Gasteiger charge is -2.59. The van der Waals surface area contributed by atoms with Crippen LogP contribution in [-0.2, 0) is 9.59 Å². The lowest BCUT2D eigenvalue weighted by Crippen LogP contribution is -2.54. The van der Waals surface area contributed by atoms with Crippen LogP contribution < -0.4 is 10.6 Å². The van der Waals surface area contributed by atoms with Crippen LogP contribution in [0.15, 0.2) is 11.8 Å². The Bertz CT molecular complexity index is 688. The number of amides is 2. The van der Waals surface area contributed by atoms with Crippen LogP contribution in [0.5, 0.6) is 0 Å². The molecule has 0 aromatic heterocycles. The Labute approximate surface area is 174 Å². The molecule has 6 nitrogen and oxygen atoms in total. The second kappa shape index (κ2) is 8.38. The molecule has 0 radical (unpaired) electrons. The molecular weight excluding hydrogens is 364 g/mol. The van der Waals surface area contributed by atoms with Crippen LogP contribution in [0.2, 0.25) is 0 Å². The minimum atomic E-state index is -0.328. The number of hydrogen-bond donors (Lipinski definition) is 2. The van der Waals surface area contributed by atoms with Crippen LogP contribution in [0, 0.1) is 34.5 Å². The van der Waals surface area contributed by atoms with Crippen molar-refractivity contribution in [1.29, 1.82) is 5.26 Å². The number of likely N-dealkylation sites (tertiary alicyclic amines) is 1. The van der Waals surface area contributed by atoms with E-state index in [1.807, 2.05) is 11.0 Å². The number of carbonyl (C=O) groups is 2. The Morgan fingerprint density at radius 2 is 1.93 bits per heavy atom. The van der Waals surface area contributed by atoms with Crippen molar-refractivity contribution in [3.8, 4) is 6.07 Å². The summed E-state index contributed by atoms with van der Waals surface area (Å²) in [6, 6.07) is 2.33. The molecule has 2 N–H and O–H groups in total. The van der Waals surface area contributed by atoms with Gasteiger partial charge in [-0.1, -0.05) is 0 Å². The molecule has 29 heavy (non-hydrogen) atoms. The van der Waals surface area contributed by atoms with Gasteiger partial charge in [-0.2, -0.15) is 5.26 Å². The first kappa shape index (κ1) is 20.3. The van der Waals surface area contributed by atoms with Gasteiger partial charge in [-0.15, -0.1) is 0 Å². The molecule has 158 valence electrons. The Hall–Kier alpha value is -2.03. The highest BCUT2D eigenvalue weighted by atomic mass is 16.2. The quantitative estimate of drug-likeness (QED) is 0.374. The van der Waals surface area contributed by atoms with Crippen LogP contribution >= 0.6 is 0 Å². The fourth-order valence-electron chi connectivity index (χ4n) is 6.75. The summed E-state index contributed by atoms with van der Waals surface area (Å²) in [6.45, 7) is 4.20. The average Bonchev–Trinajstić information content (AvgIpc) is 3.09. The number of rotatable bonds is 8. The second-order valence-corrected chi connectivity index (χ2v) is 9.93. The summed E-state index contributed by atoms with van der Waals surface area (Å²) in [5, 5.41) is 15.7. The number of nitriles is 1. The van der Waals surface area contributed by atoms with Crippen molar-refractivity contribution in [3.05, 3.63) is 11.8 Å². The summed E-state index contributed by atoms with van der Waals surface area (Å²) in [5.41, 5.74) is 0.476. The molecule has 1 heterocycles. The molecule has 2 amide bonds. The van der Waals surface area contributed by atoms with E-state index in [-0.39, 0.29) is 23.4 Å². The summed E-state index contributed by atoms with van der Waals surface area (Å²) in [4.78, 5) is 25.8. The number of nitrogens with zero attached hydrogens (tertiary/aromatic N) is 2. The molecule has 5 rings (SSSR count). The Morgan fingerprint density at radius 3 is 2.48 bits per heavy atom. The zero-order valence-electron chi connectivity index (χ0n) is 17.6. The Morgan fingerprint density at radius 1 is 1.28 bits per heavy atom. The van der Waals surface area contributed by atoms with Crippen LogP contribution in [0.3, 0.4) is 0 Å². The van der Waals surface area contributed by atoms with Gasteiger partial charge >= 0.3 is 0 Å². The van der Waals surface area contributed by atoms with E-state index >= 15 is 0 Å². The summed E-state index contributed by atoms with van der Waals surface area (Å²) in [6.07, 6.45) is 12.0. The van der Waals surface area contributed by atoms with Crippen molar-refractivity contribution < 1.29 is 9.59 Å². The van der Waals surface area contributed by atoms with Crippen LogP contribution in [-0.4, -0.2) is 42.4 Å². The lowest BCUT2D eigenvalue weighted by molar-refractivity contribution is -0.127. The topological polar surface area (TPSA) is 85.2 Å². The first-order valence-corrected chi connectivity index (χ1v) is 11.4. The van der Waals surface area contributed by atoms with Gasteiger partial charge < -0.3 is 15.5 Å². The van der Waals surface area contributed by atoms with Gasteiger partial charge in [0.25, 0.3) is 5.91 Å². The molecule has 1 saturated heterocycles. The molecule has 4 bridgehead atoms. The van der Waals surface area contributed by atoms with E-state index in [1.54, 1.807) is 6.20 Å². The van der Waals surface area contributed by atoms with Crippen molar-refractivity contribution >= 4 is 11.8 Å². The molecular formula is C23H34N4O2. The predicted octanol–water partition coefficient (Wildman–Crippen LogP) is 2.72. The van der Waals surface area contributed by atoms with Gasteiger partial charge in [-0.05, 0) is 81.5 Å². The molecule has 4 aliphatic carbocycles. The Balaban J connectivity index is 1.26. The molecule has 4 saturated carbocycles. The predicted molar refractivity (Wildman–Crippen MR) is 110 cm³/mol. The summed E-state index contributed by atoms with van der Waals surface area (Å²) in [5.74, 6) is 2.53. The maximum atomic E-state index is 12.4. The maximum absolute atomic E-state index is 12.4. The first-order chi connectivity index (χ1) is 14.0. The third-order valence-electron chi connectivity index (χ3n) is 7.91. The number of nitrogens with one attached hydrogen (secondary N) is 2. The highest BCUT2D eigenvalue weighted by Crippen LogP contribution is 2.61. The molecule has 5 fully saturated rings. The van der Waals surface area contributed by atoms with Crippen molar-refractivity contribution in [3.63, 3.8) is 0 Å². The largest absolute Gasteiger partial charge is 0.387 e. The van der Waals surface area contributed by atoms with E-state index in [0.29, 0.717) is 31.3 Å². The monoisotopic (exact) mass is 398 g/mol. The zero-order valence-corrected chi connectivity index (χ0v) is 17.6. The summed E-state index contributed by atoms with van der Waals surface area (Å²) in [7, 11) is 0. The molecule has 1 unspecified atom stereocenters. The van der Waals surface area contributed by atoms with Gasteiger partial charge in [0.15, 0.2) is 0 Å². The maximum Gasteiger partial charge on any atom is 0.263 e. The van der Waals surface area contributed by atoms with E-state index in [2.05, 4.69) is 17.6 Å². The van der Waals surface area contributed by atoms with E-state index in [1.165, 1.54) is 38.5 Å². The van der Waals surface area contributed by atoms with E-state index in [9.17, 15) is 14.9 Å². The fourth-order valence-corrected chi connectivity index (χ4v) is 6.75. The normalized spacial score (nSPS) is 34.2. The standard InChI is InChI=1S/C23H34N4O2/c1-16(23-11-17-8-18(12-23)10-19(9-17)13-23)26-15-20(14-24)22(29)25-5-3-7-27-6-2-4-21(27)28/h15-19,26H,2-13H2,1H3,(H,25,29)/b20-15-. The molecule has 0 spiro atoms.